The molecule has 0 fully saturated rings. The lowest BCUT2D eigenvalue weighted by Gasteiger charge is -2.45. The predicted molar refractivity (Wildman–Crippen MR) is 75.5 cm³/mol. The molecule has 3 unspecified atom stereocenters. The third-order valence-electron chi connectivity index (χ3n) is 4.16. The highest BCUT2D eigenvalue weighted by Gasteiger charge is 2.47. The molecule has 0 rings (SSSR count). The van der Waals surface area contributed by atoms with Gasteiger partial charge in [-0.25, -0.2) is 0 Å². The largest absolute Gasteiger partial charge is 0.392 e. The third-order valence-corrected chi connectivity index (χ3v) is 4.16. The van der Waals surface area contributed by atoms with Crippen LogP contribution in [0.1, 0.15) is 72.6 Å². The van der Waals surface area contributed by atoms with Crippen LogP contribution in [0.4, 0.5) is 0 Å². The Morgan fingerprint density at radius 2 is 0.944 bits per heavy atom. The molecule has 3 nitrogen and oxygen atoms in total. The molecular formula is C15H32O3. The summed E-state index contributed by atoms with van der Waals surface area (Å²) in [6.07, 6.45) is 3.21. The molecule has 0 aromatic carbocycles. The van der Waals surface area contributed by atoms with Crippen molar-refractivity contribution in [3.63, 3.8) is 0 Å². The van der Waals surface area contributed by atoms with E-state index in [1.807, 2.05) is 27.7 Å². The fourth-order valence-electron chi connectivity index (χ4n) is 3.00. The summed E-state index contributed by atoms with van der Waals surface area (Å²) in [5, 5.41) is 31.3. The Morgan fingerprint density at radius 3 is 1.11 bits per heavy atom. The van der Waals surface area contributed by atoms with E-state index in [1.54, 1.807) is 0 Å². The fourth-order valence-corrected chi connectivity index (χ4v) is 3.00. The van der Waals surface area contributed by atoms with Crippen LogP contribution in [0, 0.1) is 5.41 Å². The maximum atomic E-state index is 10.4. The van der Waals surface area contributed by atoms with E-state index >= 15 is 0 Å². The highest BCUT2D eigenvalue weighted by molar-refractivity contribution is 4.96. The lowest BCUT2D eigenvalue weighted by Crippen LogP contribution is -2.53. The van der Waals surface area contributed by atoms with Crippen molar-refractivity contribution in [2.45, 2.75) is 91.0 Å². The molecule has 0 aliphatic carbocycles. The van der Waals surface area contributed by atoms with E-state index in [0.29, 0.717) is 25.7 Å². The Bertz CT molecular complexity index is 175. The monoisotopic (exact) mass is 260 g/mol. The molecule has 3 heteroatoms. The maximum Gasteiger partial charge on any atom is 0.0645 e. The van der Waals surface area contributed by atoms with Gasteiger partial charge in [-0.1, -0.05) is 47.0 Å². The maximum absolute atomic E-state index is 10.4. The molecule has 0 amide bonds. The SMILES string of the molecule is CCCC(O)C(CC)(C(O)CCC)C(O)CCC. The molecule has 0 radical (unpaired) electrons. The van der Waals surface area contributed by atoms with Gasteiger partial charge >= 0.3 is 0 Å². The minimum Gasteiger partial charge on any atom is -0.392 e. The van der Waals surface area contributed by atoms with Gasteiger partial charge in [0.2, 0.25) is 0 Å². The molecule has 0 heterocycles. The zero-order valence-corrected chi connectivity index (χ0v) is 12.5. The standard InChI is InChI=1S/C15H32O3/c1-5-9-12(16)15(8-4,13(17)10-6-2)14(18)11-7-3/h12-14,16-18H,5-11H2,1-4H3. The van der Waals surface area contributed by atoms with E-state index in [9.17, 15) is 15.3 Å². The Hall–Kier alpha value is -0.120. The molecule has 0 aliphatic heterocycles. The molecule has 0 saturated heterocycles. The Morgan fingerprint density at radius 1 is 0.667 bits per heavy atom. The van der Waals surface area contributed by atoms with Crippen LogP contribution in [0.5, 0.6) is 0 Å². The van der Waals surface area contributed by atoms with E-state index in [2.05, 4.69) is 0 Å². The predicted octanol–water partition coefficient (Wildman–Crippen LogP) is 2.87. The first-order valence-corrected chi connectivity index (χ1v) is 7.55. The highest BCUT2D eigenvalue weighted by Crippen LogP contribution is 2.40. The summed E-state index contributed by atoms with van der Waals surface area (Å²) in [4.78, 5) is 0. The Kier molecular flexibility index (Phi) is 8.83. The van der Waals surface area contributed by atoms with Gasteiger partial charge < -0.3 is 15.3 Å². The van der Waals surface area contributed by atoms with Crippen molar-refractivity contribution in [2.24, 2.45) is 5.41 Å². The summed E-state index contributed by atoms with van der Waals surface area (Å²) in [5.74, 6) is 0. The molecule has 3 atom stereocenters. The van der Waals surface area contributed by atoms with E-state index in [4.69, 9.17) is 0 Å². The molecule has 110 valence electrons. The quantitative estimate of drug-likeness (QED) is 0.566. The average molecular weight is 260 g/mol. The van der Waals surface area contributed by atoms with Crippen molar-refractivity contribution in [1.82, 2.24) is 0 Å². The van der Waals surface area contributed by atoms with Crippen molar-refractivity contribution < 1.29 is 15.3 Å². The zero-order chi connectivity index (χ0) is 14.2. The number of aliphatic hydroxyl groups is 3. The van der Waals surface area contributed by atoms with E-state index < -0.39 is 23.7 Å². The molecule has 18 heavy (non-hydrogen) atoms. The van der Waals surface area contributed by atoms with Gasteiger partial charge in [0.1, 0.15) is 0 Å². The summed E-state index contributed by atoms with van der Waals surface area (Å²) in [5.41, 5.74) is -0.762. The van der Waals surface area contributed by atoms with Gasteiger partial charge in [-0.05, 0) is 25.7 Å². The van der Waals surface area contributed by atoms with Gasteiger partial charge in [0.15, 0.2) is 0 Å². The summed E-state index contributed by atoms with van der Waals surface area (Å²) in [6.45, 7) is 8.00. The summed E-state index contributed by atoms with van der Waals surface area (Å²) in [7, 11) is 0. The molecule has 0 aromatic rings. The fraction of sp³-hybridized carbons (Fsp3) is 1.00. The molecule has 0 spiro atoms. The van der Waals surface area contributed by atoms with E-state index in [0.717, 1.165) is 19.3 Å². The molecular weight excluding hydrogens is 228 g/mol. The highest BCUT2D eigenvalue weighted by atomic mass is 16.3. The second kappa shape index (κ2) is 8.89. The lowest BCUT2D eigenvalue weighted by atomic mass is 9.67. The van der Waals surface area contributed by atoms with Crippen molar-refractivity contribution in [1.29, 1.82) is 0 Å². The van der Waals surface area contributed by atoms with Crippen LogP contribution < -0.4 is 0 Å². The van der Waals surface area contributed by atoms with Crippen LogP contribution in [0.3, 0.4) is 0 Å². The van der Waals surface area contributed by atoms with Gasteiger partial charge in [-0.3, -0.25) is 0 Å². The lowest BCUT2D eigenvalue weighted by molar-refractivity contribution is -0.147. The van der Waals surface area contributed by atoms with Crippen molar-refractivity contribution in [3.05, 3.63) is 0 Å². The van der Waals surface area contributed by atoms with E-state index in [-0.39, 0.29) is 0 Å². The topological polar surface area (TPSA) is 60.7 Å². The molecule has 0 bridgehead atoms. The number of hydrogen-bond acceptors (Lipinski definition) is 3. The second-order valence-electron chi connectivity index (χ2n) is 5.38. The van der Waals surface area contributed by atoms with Gasteiger partial charge in [-0.15, -0.1) is 0 Å². The normalized spacial score (nSPS) is 20.2. The van der Waals surface area contributed by atoms with Gasteiger partial charge in [0.25, 0.3) is 0 Å². The smallest absolute Gasteiger partial charge is 0.0645 e. The zero-order valence-electron chi connectivity index (χ0n) is 12.5. The second-order valence-corrected chi connectivity index (χ2v) is 5.38. The number of aliphatic hydroxyl groups excluding tert-OH is 3. The number of rotatable bonds is 10. The minimum absolute atomic E-state index is 0.608. The average Bonchev–Trinajstić information content (AvgIpc) is 2.31. The number of hydrogen-bond donors (Lipinski definition) is 3. The molecule has 3 N–H and O–H groups in total. The van der Waals surface area contributed by atoms with Gasteiger partial charge in [0.05, 0.1) is 18.3 Å². The third kappa shape index (κ3) is 3.94. The van der Waals surface area contributed by atoms with Crippen molar-refractivity contribution in [3.8, 4) is 0 Å². The summed E-state index contributed by atoms with van der Waals surface area (Å²) < 4.78 is 0. The molecule has 0 saturated carbocycles. The van der Waals surface area contributed by atoms with Gasteiger partial charge in [0, 0.05) is 5.41 Å². The summed E-state index contributed by atoms with van der Waals surface area (Å²) >= 11 is 0. The molecule has 0 aliphatic rings. The van der Waals surface area contributed by atoms with Crippen LogP contribution in [0.25, 0.3) is 0 Å². The van der Waals surface area contributed by atoms with Crippen LogP contribution in [-0.2, 0) is 0 Å². The van der Waals surface area contributed by atoms with Crippen LogP contribution in [-0.4, -0.2) is 33.6 Å². The first kappa shape index (κ1) is 17.9. The Balaban J connectivity index is 5.16. The minimum atomic E-state index is -0.762. The van der Waals surface area contributed by atoms with Gasteiger partial charge in [-0.2, -0.15) is 0 Å². The summed E-state index contributed by atoms with van der Waals surface area (Å²) in [6, 6.07) is 0. The first-order chi connectivity index (χ1) is 8.50. The van der Waals surface area contributed by atoms with Crippen LogP contribution in [0.15, 0.2) is 0 Å². The van der Waals surface area contributed by atoms with Crippen LogP contribution in [0.2, 0.25) is 0 Å². The van der Waals surface area contributed by atoms with Crippen molar-refractivity contribution >= 4 is 0 Å². The first-order valence-electron chi connectivity index (χ1n) is 7.55. The van der Waals surface area contributed by atoms with Crippen LogP contribution >= 0.6 is 0 Å². The molecule has 0 aromatic heterocycles. The Labute approximate surface area is 112 Å². The van der Waals surface area contributed by atoms with Crippen molar-refractivity contribution in [2.75, 3.05) is 0 Å². The van der Waals surface area contributed by atoms with E-state index in [1.165, 1.54) is 0 Å².